The minimum absolute atomic E-state index is 0.0731. The first kappa shape index (κ1) is 47.4. The van der Waals surface area contributed by atoms with Crippen molar-refractivity contribution in [2.24, 2.45) is 22.6 Å². The highest BCUT2D eigenvalue weighted by atomic mass is 31.1. The van der Waals surface area contributed by atoms with Gasteiger partial charge in [-0.05, 0) is 39.3 Å². The van der Waals surface area contributed by atoms with Crippen molar-refractivity contribution in [2.75, 3.05) is 99.7 Å². The van der Waals surface area contributed by atoms with E-state index in [1.807, 2.05) is 19.0 Å². The maximum Gasteiger partial charge on any atom is 0.347 e. The van der Waals surface area contributed by atoms with Gasteiger partial charge in [-0.3, -0.25) is 28.7 Å². The Morgan fingerprint density at radius 3 is 2.15 bits per heavy atom. The molecule has 7 N–H and O–H groups in total. The van der Waals surface area contributed by atoms with E-state index in [1.54, 1.807) is 0 Å². The number of rotatable bonds is 29. The fraction of sp³-hybridized carbons (Fsp3) is 0.848. The first-order valence-electron chi connectivity index (χ1n) is 18.4. The van der Waals surface area contributed by atoms with Gasteiger partial charge in [0.15, 0.2) is 6.23 Å². The van der Waals surface area contributed by atoms with Crippen molar-refractivity contribution in [3.8, 4) is 0 Å². The minimum atomic E-state index is -3.29. The number of nitrogens with zero attached hydrogens (tertiary/aromatic N) is 3. The SMILES string of the molecule is CC(C)CC(C(=O)NCCC(=O)NCCOCCOCCOCCOCCC(=O)NCCCC1CN([C@@H]2OCC(O[PH](=O)O)[C@@H]2O)C(=O)N=C1N)N(C)C. The monoisotopic (exact) mass is 795 g/mol. The molecule has 2 rings (SSSR count). The molecule has 1 fully saturated rings. The van der Waals surface area contributed by atoms with Gasteiger partial charge < -0.3 is 59.9 Å². The molecule has 0 aromatic heterocycles. The van der Waals surface area contributed by atoms with Crippen LogP contribution in [0.15, 0.2) is 4.99 Å². The summed E-state index contributed by atoms with van der Waals surface area (Å²) in [5.41, 5.74) is 5.97. The number of ether oxygens (including phenoxy) is 5. The highest BCUT2D eigenvalue weighted by molar-refractivity contribution is 7.32. The molecule has 20 nitrogen and oxygen atoms in total. The van der Waals surface area contributed by atoms with Gasteiger partial charge in [0.1, 0.15) is 18.0 Å². The lowest BCUT2D eigenvalue weighted by Crippen LogP contribution is -2.53. The number of urea groups is 1. The molecule has 0 saturated carbocycles. The summed E-state index contributed by atoms with van der Waals surface area (Å²) in [7, 11) is 0.448. The van der Waals surface area contributed by atoms with Crippen LogP contribution < -0.4 is 21.7 Å². The van der Waals surface area contributed by atoms with Gasteiger partial charge in [0.25, 0.3) is 0 Å². The Morgan fingerprint density at radius 1 is 0.944 bits per heavy atom. The summed E-state index contributed by atoms with van der Waals surface area (Å²) in [6.07, 6.45) is -1.24. The van der Waals surface area contributed by atoms with Gasteiger partial charge in [-0.1, -0.05) is 13.8 Å². The highest BCUT2D eigenvalue weighted by Gasteiger charge is 2.45. The second kappa shape index (κ2) is 26.9. The van der Waals surface area contributed by atoms with E-state index >= 15 is 0 Å². The summed E-state index contributed by atoms with van der Waals surface area (Å²) in [5.74, 6) is -0.186. The molecule has 2 aliphatic rings. The molecule has 6 atom stereocenters. The number of aliphatic imine (C=N–C) groups is 1. The van der Waals surface area contributed by atoms with Crippen molar-refractivity contribution >= 4 is 37.8 Å². The first-order valence-corrected chi connectivity index (χ1v) is 19.7. The number of nitrogens with two attached hydrogens (primary N) is 1. The van der Waals surface area contributed by atoms with Gasteiger partial charge in [0.05, 0.1) is 65.5 Å². The zero-order valence-corrected chi connectivity index (χ0v) is 33.0. The minimum Gasteiger partial charge on any atom is -0.387 e. The summed E-state index contributed by atoms with van der Waals surface area (Å²) in [5, 5.41) is 18.8. The molecular weight excluding hydrogens is 733 g/mol. The normalized spacial score (nSPS) is 21.3. The zero-order valence-electron chi connectivity index (χ0n) is 32.0. The molecule has 2 aliphatic heterocycles. The number of carbonyl (C=O) groups is 4. The Hall–Kier alpha value is -2.78. The highest BCUT2D eigenvalue weighted by Crippen LogP contribution is 2.30. The van der Waals surface area contributed by atoms with E-state index in [1.165, 1.54) is 4.90 Å². The third-order valence-electron chi connectivity index (χ3n) is 8.45. The van der Waals surface area contributed by atoms with Crippen LogP contribution in [0.4, 0.5) is 4.79 Å². The predicted molar refractivity (Wildman–Crippen MR) is 197 cm³/mol. The number of likely N-dealkylation sites (N-methyl/N-ethyl adjacent to an activating group) is 1. The zero-order chi connectivity index (χ0) is 39.9. The molecule has 2 heterocycles. The van der Waals surface area contributed by atoms with Crippen molar-refractivity contribution < 1.29 is 62.0 Å². The van der Waals surface area contributed by atoms with Crippen molar-refractivity contribution in [3.63, 3.8) is 0 Å². The van der Waals surface area contributed by atoms with Crippen LogP contribution in [0.5, 0.6) is 0 Å². The van der Waals surface area contributed by atoms with Crippen molar-refractivity contribution in [2.45, 2.75) is 70.4 Å². The summed E-state index contributed by atoms with van der Waals surface area (Å²) in [6.45, 7) is 7.90. The number of hydrogen-bond donors (Lipinski definition) is 6. The van der Waals surface area contributed by atoms with E-state index in [2.05, 4.69) is 34.8 Å². The molecule has 0 bridgehead atoms. The molecule has 0 radical (unpaired) electrons. The topological polar surface area (TPSA) is 262 Å². The number of amidine groups is 1. The van der Waals surface area contributed by atoms with E-state index in [4.69, 9.17) is 38.8 Å². The van der Waals surface area contributed by atoms with Crippen LogP contribution in [0.1, 0.15) is 46.0 Å². The molecule has 21 heteroatoms. The Bertz CT molecular complexity index is 1200. The fourth-order valence-corrected chi connectivity index (χ4v) is 6.03. The van der Waals surface area contributed by atoms with Crippen LogP contribution in [-0.4, -0.2) is 174 Å². The Kier molecular flexibility index (Phi) is 23.6. The molecule has 0 aromatic carbocycles. The van der Waals surface area contributed by atoms with E-state index in [0.717, 1.165) is 6.42 Å². The summed E-state index contributed by atoms with van der Waals surface area (Å²) in [6, 6.07) is -0.897. The maximum absolute atomic E-state index is 12.4. The second-order valence-corrected chi connectivity index (χ2v) is 14.3. The molecule has 0 aromatic rings. The molecule has 4 unspecified atom stereocenters. The van der Waals surface area contributed by atoms with E-state index < -0.39 is 32.7 Å². The van der Waals surface area contributed by atoms with Gasteiger partial charge in [0, 0.05) is 44.9 Å². The quantitative estimate of drug-likeness (QED) is 0.0385. The van der Waals surface area contributed by atoms with Crippen LogP contribution in [-0.2, 0) is 47.2 Å². The molecule has 312 valence electrons. The average molecular weight is 796 g/mol. The summed E-state index contributed by atoms with van der Waals surface area (Å²) < 4.78 is 43.0. The Balaban J connectivity index is 1.38. The molecule has 1 saturated heterocycles. The number of aliphatic hydroxyl groups is 1. The maximum atomic E-state index is 12.4. The Labute approximate surface area is 318 Å². The van der Waals surface area contributed by atoms with Crippen LogP contribution in [0, 0.1) is 11.8 Å². The van der Waals surface area contributed by atoms with Crippen LogP contribution in [0.3, 0.4) is 0 Å². The lowest BCUT2D eigenvalue weighted by molar-refractivity contribution is -0.126. The lowest BCUT2D eigenvalue weighted by Gasteiger charge is -2.35. The van der Waals surface area contributed by atoms with Crippen molar-refractivity contribution in [1.82, 2.24) is 25.8 Å². The molecule has 5 amide bonds. The van der Waals surface area contributed by atoms with Crippen LogP contribution in [0.2, 0.25) is 0 Å². The lowest BCUT2D eigenvalue weighted by atomic mass is 9.99. The van der Waals surface area contributed by atoms with Crippen molar-refractivity contribution in [1.29, 1.82) is 0 Å². The van der Waals surface area contributed by atoms with E-state index in [0.29, 0.717) is 78.1 Å². The van der Waals surface area contributed by atoms with Gasteiger partial charge in [-0.2, -0.15) is 4.99 Å². The van der Waals surface area contributed by atoms with Crippen molar-refractivity contribution in [3.05, 3.63) is 0 Å². The number of aliphatic hydroxyl groups excluding tert-OH is 1. The average Bonchev–Trinajstić information content (AvgIpc) is 3.45. The largest absolute Gasteiger partial charge is 0.387 e. The Morgan fingerprint density at radius 2 is 1.54 bits per heavy atom. The van der Waals surface area contributed by atoms with E-state index in [-0.39, 0.29) is 74.7 Å². The predicted octanol–water partition coefficient (Wildman–Crippen LogP) is -1.17. The third kappa shape index (κ3) is 19.2. The number of carbonyl (C=O) groups excluding carboxylic acids is 4. The fourth-order valence-electron chi connectivity index (χ4n) is 5.57. The molecular formula is C33H62N7O13P. The van der Waals surface area contributed by atoms with Crippen LogP contribution >= 0.6 is 8.25 Å². The molecule has 54 heavy (non-hydrogen) atoms. The summed E-state index contributed by atoms with van der Waals surface area (Å²) >= 11 is 0. The molecule has 0 spiro atoms. The van der Waals surface area contributed by atoms with Crippen LogP contribution in [0.25, 0.3) is 0 Å². The third-order valence-corrected chi connectivity index (χ3v) is 8.96. The number of hydrogen-bond acceptors (Lipinski definition) is 14. The molecule has 0 aliphatic carbocycles. The second-order valence-electron chi connectivity index (χ2n) is 13.5. The smallest absolute Gasteiger partial charge is 0.347 e. The van der Waals surface area contributed by atoms with Gasteiger partial charge in [0.2, 0.25) is 17.7 Å². The number of nitrogens with one attached hydrogen (secondary N) is 3. The van der Waals surface area contributed by atoms with E-state index in [9.17, 15) is 28.8 Å². The van der Waals surface area contributed by atoms with Gasteiger partial charge in [-0.25, -0.2) is 4.79 Å². The standard InChI is InChI=1S/C33H62N7O13P/c1-23(2)20-25(39(3)4)31(44)37-10-7-27(41)36-11-13-49-15-17-51-19-18-50-16-14-48-12-8-28(42)35-9-5-6-24-21-40(33(45)38-30(24)34)32-29(43)26(22-52-32)53-54(46)47/h23-26,29,32,43,54H,5-22H2,1-4H3,(H,35,42)(H,36,41)(H,37,44)(H,46,47)(H2,34,38,45)/t24?,25?,26?,29-,32+/m0/s1. The number of amides is 5. The first-order chi connectivity index (χ1) is 25.8. The van der Waals surface area contributed by atoms with Gasteiger partial charge in [-0.15, -0.1) is 0 Å². The van der Waals surface area contributed by atoms with Gasteiger partial charge >= 0.3 is 14.3 Å². The summed E-state index contributed by atoms with van der Waals surface area (Å²) in [4.78, 5) is 64.9.